The lowest BCUT2D eigenvalue weighted by atomic mass is 10.00. The Balaban J connectivity index is 1.88. The van der Waals surface area contributed by atoms with Gasteiger partial charge in [-0.3, -0.25) is 0 Å². The van der Waals surface area contributed by atoms with Crippen molar-refractivity contribution in [3.8, 4) is 0 Å². The topological polar surface area (TPSA) is 21.3 Å². The van der Waals surface area contributed by atoms with Gasteiger partial charge in [0.2, 0.25) is 0 Å². The minimum Gasteiger partial charge on any atom is -0.381 e. The van der Waals surface area contributed by atoms with Crippen molar-refractivity contribution in [1.82, 2.24) is 5.32 Å². The van der Waals surface area contributed by atoms with Crippen molar-refractivity contribution in [3.63, 3.8) is 0 Å². The summed E-state index contributed by atoms with van der Waals surface area (Å²) in [7, 11) is 0. The zero-order valence-electron chi connectivity index (χ0n) is 10.5. The molecular formula is C14H20ClNO. The van der Waals surface area contributed by atoms with Gasteiger partial charge >= 0.3 is 0 Å². The zero-order chi connectivity index (χ0) is 12.3. The highest BCUT2D eigenvalue weighted by atomic mass is 35.5. The van der Waals surface area contributed by atoms with E-state index in [0.29, 0.717) is 12.0 Å². The van der Waals surface area contributed by atoms with Gasteiger partial charge in [0.15, 0.2) is 0 Å². The summed E-state index contributed by atoms with van der Waals surface area (Å²) in [5, 5.41) is 4.39. The van der Waals surface area contributed by atoms with E-state index in [1.54, 1.807) is 0 Å². The van der Waals surface area contributed by atoms with Gasteiger partial charge < -0.3 is 10.1 Å². The van der Waals surface area contributed by atoms with Gasteiger partial charge in [-0.2, -0.15) is 0 Å². The third kappa shape index (κ3) is 3.44. The molecule has 3 heteroatoms. The lowest BCUT2D eigenvalue weighted by Crippen LogP contribution is -2.33. The lowest BCUT2D eigenvalue weighted by molar-refractivity contribution is 0.178. The Bertz CT molecular complexity index is 374. The number of rotatable bonds is 4. The molecule has 0 saturated carbocycles. The van der Waals surface area contributed by atoms with Gasteiger partial charge in [-0.25, -0.2) is 0 Å². The molecule has 0 aromatic heterocycles. The monoisotopic (exact) mass is 253 g/mol. The van der Waals surface area contributed by atoms with E-state index in [9.17, 15) is 0 Å². The molecule has 2 nitrogen and oxygen atoms in total. The predicted molar refractivity (Wildman–Crippen MR) is 71.4 cm³/mol. The fraction of sp³-hybridized carbons (Fsp3) is 0.571. The van der Waals surface area contributed by atoms with Crippen LogP contribution < -0.4 is 5.32 Å². The van der Waals surface area contributed by atoms with E-state index in [1.807, 2.05) is 12.1 Å². The van der Waals surface area contributed by atoms with Crippen LogP contribution in [0, 0.1) is 12.8 Å². The number of aryl methyl sites for hydroxylation is 1. The molecule has 1 fully saturated rings. The van der Waals surface area contributed by atoms with Crippen LogP contribution in [0.4, 0.5) is 0 Å². The molecule has 94 valence electrons. The average molecular weight is 254 g/mol. The second-order valence-corrected chi connectivity index (χ2v) is 5.30. The quantitative estimate of drug-likeness (QED) is 0.890. The molecule has 0 amide bonds. The first-order valence-corrected chi connectivity index (χ1v) is 6.61. The molecule has 0 aliphatic carbocycles. The highest BCUT2D eigenvalue weighted by Crippen LogP contribution is 2.18. The van der Waals surface area contributed by atoms with E-state index in [1.165, 1.54) is 17.5 Å². The summed E-state index contributed by atoms with van der Waals surface area (Å²) in [6, 6.07) is 6.58. The van der Waals surface area contributed by atoms with Crippen LogP contribution in [0.2, 0.25) is 5.02 Å². The predicted octanol–water partition coefficient (Wildman–Crippen LogP) is 3.16. The third-order valence-corrected chi connectivity index (χ3v) is 3.83. The van der Waals surface area contributed by atoms with Crippen molar-refractivity contribution in [2.24, 2.45) is 5.92 Å². The Labute approximate surface area is 108 Å². The first-order valence-electron chi connectivity index (χ1n) is 6.23. The summed E-state index contributed by atoms with van der Waals surface area (Å²) < 4.78 is 5.41. The molecule has 2 unspecified atom stereocenters. The van der Waals surface area contributed by atoms with Crippen LogP contribution in [0.25, 0.3) is 0 Å². The number of hydrogen-bond acceptors (Lipinski definition) is 2. The van der Waals surface area contributed by atoms with Gasteiger partial charge in [0, 0.05) is 24.2 Å². The summed E-state index contributed by atoms with van der Waals surface area (Å²) in [6.07, 6.45) is 1.17. The minimum atomic E-state index is 0.507. The summed E-state index contributed by atoms with van der Waals surface area (Å²) in [6.45, 7) is 7.06. The number of ether oxygens (including phenoxy) is 1. The third-order valence-electron chi connectivity index (χ3n) is 3.59. The maximum atomic E-state index is 5.95. The van der Waals surface area contributed by atoms with Crippen molar-refractivity contribution in [3.05, 3.63) is 34.3 Å². The molecule has 0 bridgehead atoms. The SMILES string of the molecule is Cc1cc(Cl)ccc1CNC(C)C1CCOC1. The van der Waals surface area contributed by atoms with Crippen LogP contribution in [0.5, 0.6) is 0 Å². The maximum absolute atomic E-state index is 5.95. The Morgan fingerprint density at radius 1 is 1.53 bits per heavy atom. The Morgan fingerprint density at radius 3 is 3.00 bits per heavy atom. The fourth-order valence-electron chi connectivity index (χ4n) is 2.24. The Morgan fingerprint density at radius 2 is 2.35 bits per heavy atom. The smallest absolute Gasteiger partial charge is 0.0509 e. The van der Waals surface area contributed by atoms with Gasteiger partial charge in [0.25, 0.3) is 0 Å². The minimum absolute atomic E-state index is 0.507. The van der Waals surface area contributed by atoms with Crippen LogP contribution in [-0.2, 0) is 11.3 Å². The maximum Gasteiger partial charge on any atom is 0.0509 e. The Kier molecular flexibility index (Phi) is 4.43. The van der Waals surface area contributed by atoms with Crippen LogP contribution in [0.1, 0.15) is 24.5 Å². The number of halogens is 1. The van der Waals surface area contributed by atoms with Gasteiger partial charge in [0.1, 0.15) is 0 Å². The largest absolute Gasteiger partial charge is 0.381 e. The van der Waals surface area contributed by atoms with E-state index in [2.05, 4.69) is 25.2 Å². The molecule has 1 N–H and O–H groups in total. The van der Waals surface area contributed by atoms with Crippen LogP contribution in [0.3, 0.4) is 0 Å². The van der Waals surface area contributed by atoms with E-state index < -0.39 is 0 Å². The van der Waals surface area contributed by atoms with E-state index in [-0.39, 0.29) is 0 Å². The van der Waals surface area contributed by atoms with Crippen LogP contribution in [0.15, 0.2) is 18.2 Å². The molecular weight excluding hydrogens is 234 g/mol. The molecule has 0 spiro atoms. The molecule has 17 heavy (non-hydrogen) atoms. The van der Waals surface area contributed by atoms with Gasteiger partial charge in [-0.1, -0.05) is 17.7 Å². The first kappa shape index (κ1) is 12.9. The molecule has 1 aromatic rings. The van der Waals surface area contributed by atoms with Crippen molar-refractivity contribution in [2.75, 3.05) is 13.2 Å². The highest BCUT2D eigenvalue weighted by molar-refractivity contribution is 6.30. The zero-order valence-corrected chi connectivity index (χ0v) is 11.3. The van der Waals surface area contributed by atoms with Gasteiger partial charge in [0.05, 0.1) is 6.61 Å². The standard InChI is InChI=1S/C14H20ClNO/c1-10-7-14(15)4-3-12(10)8-16-11(2)13-5-6-17-9-13/h3-4,7,11,13,16H,5-6,8-9H2,1-2H3. The lowest BCUT2D eigenvalue weighted by Gasteiger charge is -2.20. The van der Waals surface area contributed by atoms with Crippen molar-refractivity contribution in [2.45, 2.75) is 32.9 Å². The van der Waals surface area contributed by atoms with Gasteiger partial charge in [-0.05, 0) is 49.4 Å². The summed E-state index contributed by atoms with van der Waals surface area (Å²) in [5.74, 6) is 0.655. The average Bonchev–Trinajstić information content (AvgIpc) is 2.81. The molecule has 1 aliphatic rings. The fourth-order valence-corrected chi connectivity index (χ4v) is 2.47. The second kappa shape index (κ2) is 5.85. The Hall–Kier alpha value is -0.570. The summed E-state index contributed by atoms with van der Waals surface area (Å²) in [5.41, 5.74) is 2.57. The van der Waals surface area contributed by atoms with Crippen molar-refractivity contribution < 1.29 is 4.74 Å². The molecule has 2 atom stereocenters. The van der Waals surface area contributed by atoms with Crippen molar-refractivity contribution >= 4 is 11.6 Å². The van der Waals surface area contributed by atoms with Gasteiger partial charge in [-0.15, -0.1) is 0 Å². The molecule has 0 radical (unpaired) electrons. The molecule has 1 aromatic carbocycles. The second-order valence-electron chi connectivity index (χ2n) is 4.86. The normalized spacial score (nSPS) is 21.7. The number of hydrogen-bond donors (Lipinski definition) is 1. The highest BCUT2D eigenvalue weighted by Gasteiger charge is 2.21. The van der Waals surface area contributed by atoms with E-state index >= 15 is 0 Å². The van der Waals surface area contributed by atoms with Crippen LogP contribution in [-0.4, -0.2) is 19.3 Å². The van der Waals surface area contributed by atoms with Crippen molar-refractivity contribution in [1.29, 1.82) is 0 Å². The first-order chi connectivity index (χ1) is 8.16. The molecule has 1 aliphatic heterocycles. The molecule has 1 saturated heterocycles. The number of benzene rings is 1. The summed E-state index contributed by atoms with van der Waals surface area (Å²) in [4.78, 5) is 0. The van der Waals surface area contributed by atoms with E-state index in [0.717, 1.165) is 24.8 Å². The van der Waals surface area contributed by atoms with Crippen LogP contribution >= 0.6 is 11.6 Å². The summed E-state index contributed by atoms with van der Waals surface area (Å²) >= 11 is 5.95. The molecule has 2 rings (SSSR count). The molecule has 1 heterocycles. The van der Waals surface area contributed by atoms with E-state index in [4.69, 9.17) is 16.3 Å². The number of nitrogens with one attached hydrogen (secondary N) is 1.